The van der Waals surface area contributed by atoms with Crippen LogP contribution < -0.4 is 0 Å². The molecule has 0 nitrogen and oxygen atoms in total. The Bertz CT molecular complexity index is 426. The molecule has 0 saturated heterocycles. The number of rotatable bonds is 2. The Hall–Kier alpha value is 0.470. The Morgan fingerprint density at radius 1 is 1.31 bits per heavy atom. The number of benzene rings is 1. The molecule has 3 heteroatoms. The zero-order chi connectivity index (χ0) is 12.1. The normalized spacial score (nSPS) is 24.2. The second-order valence-corrected chi connectivity index (χ2v) is 7.50. The van der Waals surface area contributed by atoms with E-state index in [2.05, 4.69) is 64.8 Å². The van der Waals surface area contributed by atoms with Gasteiger partial charge in [-0.25, -0.2) is 0 Å². The molecule has 1 aromatic rings. The van der Waals surface area contributed by atoms with Crippen molar-refractivity contribution in [2.75, 3.05) is 0 Å². The topological polar surface area (TPSA) is 0 Å². The van der Waals surface area contributed by atoms with E-state index in [4.69, 9.17) is 11.6 Å². The van der Waals surface area contributed by atoms with E-state index in [1.54, 1.807) is 0 Å². The van der Waals surface area contributed by atoms with Gasteiger partial charge in [0.2, 0.25) is 0 Å². The fourth-order valence-electron chi connectivity index (χ4n) is 2.10. The van der Waals surface area contributed by atoms with Crippen LogP contribution in [0.2, 0.25) is 0 Å². The molecule has 1 aliphatic rings. The second-order valence-electron chi connectivity index (χ2n) is 5.32. The van der Waals surface area contributed by atoms with Gasteiger partial charge in [-0.1, -0.05) is 45.7 Å². The highest BCUT2D eigenvalue weighted by atomic mass is 79.9. The van der Waals surface area contributed by atoms with Crippen LogP contribution in [-0.4, -0.2) is 0 Å². The molecule has 0 aromatic heterocycles. The summed E-state index contributed by atoms with van der Waals surface area (Å²) in [4.78, 5) is 0. The molecule has 88 valence electrons. The van der Waals surface area contributed by atoms with Gasteiger partial charge in [0.15, 0.2) is 0 Å². The molecule has 16 heavy (non-hydrogen) atoms. The van der Waals surface area contributed by atoms with Gasteiger partial charge in [0.25, 0.3) is 0 Å². The summed E-state index contributed by atoms with van der Waals surface area (Å²) in [6.07, 6.45) is 1.22. The van der Waals surface area contributed by atoms with E-state index in [1.165, 1.54) is 17.5 Å². The Morgan fingerprint density at radius 2 is 1.88 bits per heavy atom. The zero-order valence-electron chi connectivity index (χ0n) is 9.65. The molecule has 0 aliphatic heterocycles. The molecular formula is C13H15Br2Cl. The highest BCUT2D eigenvalue weighted by Crippen LogP contribution is 2.60. The van der Waals surface area contributed by atoms with Crippen molar-refractivity contribution in [1.82, 2.24) is 0 Å². The highest BCUT2D eigenvalue weighted by molar-refractivity contribution is 9.11. The molecule has 1 aliphatic carbocycles. The summed E-state index contributed by atoms with van der Waals surface area (Å²) in [5.74, 6) is 0.597. The Kier molecular flexibility index (Phi) is 3.46. The van der Waals surface area contributed by atoms with E-state index in [0.717, 1.165) is 8.95 Å². The van der Waals surface area contributed by atoms with Gasteiger partial charge in [-0.2, -0.15) is 0 Å². The van der Waals surface area contributed by atoms with Gasteiger partial charge in [-0.3, -0.25) is 0 Å². The van der Waals surface area contributed by atoms with E-state index in [9.17, 15) is 0 Å². The summed E-state index contributed by atoms with van der Waals surface area (Å²) in [7, 11) is 0. The van der Waals surface area contributed by atoms with Gasteiger partial charge in [0.05, 0.1) is 5.38 Å². The van der Waals surface area contributed by atoms with Gasteiger partial charge >= 0.3 is 0 Å². The number of hydrogen-bond acceptors (Lipinski definition) is 0. The van der Waals surface area contributed by atoms with Crippen molar-refractivity contribution >= 4 is 43.5 Å². The van der Waals surface area contributed by atoms with E-state index in [1.807, 2.05) is 0 Å². The summed E-state index contributed by atoms with van der Waals surface area (Å²) >= 11 is 13.7. The summed E-state index contributed by atoms with van der Waals surface area (Å²) < 4.78 is 2.26. The van der Waals surface area contributed by atoms with Crippen LogP contribution in [-0.2, 0) is 0 Å². The Balaban J connectivity index is 2.31. The lowest BCUT2D eigenvalue weighted by molar-refractivity contribution is 0.547. The summed E-state index contributed by atoms with van der Waals surface area (Å²) in [5.41, 5.74) is 2.84. The molecule has 0 radical (unpaired) electrons. The van der Waals surface area contributed by atoms with Crippen molar-refractivity contribution in [1.29, 1.82) is 0 Å². The first kappa shape index (κ1) is 12.9. The van der Waals surface area contributed by atoms with Crippen LogP contribution in [0.4, 0.5) is 0 Å². The minimum Gasteiger partial charge on any atom is -0.117 e. The molecule has 1 aromatic carbocycles. The second kappa shape index (κ2) is 4.29. The Morgan fingerprint density at radius 3 is 2.38 bits per heavy atom. The largest absolute Gasteiger partial charge is 0.117 e. The molecule has 2 unspecified atom stereocenters. The van der Waals surface area contributed by atoms with Crippen LogP contribution in [0.15, 0.2) is 21.1 Å². The zero-order valence-corrected chi connectivity index (χ0v) is 13.6. The van der Waals surface area contributed by atoms with Crippen molar-refractivity contribution in [3.8, 4) is 0 Å². The predicted octanol–water partition coefficient (Wildman–Crippen LogP) is 5.85. The van der Waals surface area contributed by atoms with Crippen molar-refractivity contribution in [3.63, 3.8) is 0 Å². The van der Waals surface area contributed by atoms with Crippen LogP contribution in [0, 0.1) is 18.3 Å². The lowest BCUT2D eigenvalue weighted by Gasteiger charge is -2.15. The van der Waals surface area contributed by atoms with Crippen LogP contribution in [0.25, 0.3) is 0 Å². The quantitative estimate of drug-likeness (QED) is 0.576. The van der Waals surface area contributed by atoms with Crippen molar-refractivity contribution in [3.05, 3.63) is 32.2 Å². The van der Waals surface area contributed by atoms with Crippen LogP contribution in [0.5, 0.6) is 0 Å². The lowest BCUT2D eigenvalue weighted by atomic mass is 10.0. The molecule has 0 N–H and O–H groups in total. The average molecular weight is 367 g/mol. The van der Waals surface area contributed by atoms with E-state index in [-0.39, 0.29) is 5.38 Å². The van der Waals surface area contributed by atoms with Crippen molar-refractivity contribution < 1.29 is 0 Å². The molecule has 0 spiro atoms. The van der Waals surface area contributed by atoms with Gasteiger partial charge < -0.3 is 0 Å². The fraction of sp³-hybridized carbons (Fsp3) is 0.538. The van der Waals surface area contributed by atoms with Crippen LogP contribution >= 0.6 is 43.5 Å². The minimum absolute atomic E-state index is 0.112. The van der Waals surface area contributed by atoms with Crippen LogP contribution in [0.1, 0.15) is 36.8 Å². The first-order valence-corrected chi connectivity index (χ1v) is 7.45. The third-order valence-electron chi connectivity index (χ3n) is 3.52. The standard InChI is InChI=1S/C13H15Br2Cl/c1-7-4-11(15)8(5-10(7)14)12(16)9-6-13(9,2)3/h4-5,9,12H,6H2,1-3H3. The van der Waals surface area contributed by atoms with E-state index in [0.29, 0.717) is 11.3 Å². The van der Waals surface area contributed by atoms with Gasteiger partial charge in [-0.05, 0) is 47.9 Å². The van der Waals surface area contributed by atoms with Gasteiger partial charge in [-0.15, -0.1) is 11.6 Å². The first-order valence-electron chi connectivity index (χ1n) is 5.42. The molecule has 1 saturated carbocycles. The maximum Gasteiger partial charge on any atom is 0.0630 e. The van der Waals surface area contributed by atoms with Gasteiger partial charge in [0, 0.05) is 8.95 Å². The third kappa shape index (κ3) is 2.34. The monoisotopic (exact) mass is 364 g/mol. The Labute approximate surface area is 119 Å². The number of hydrogen-bond donors (Lipinski definition) is 0. The third-order valence-corrected chi connectivity index (χ3v) is 5.60. The maximum atomic E-state index is 6.57. The minimum atomic E-state index is 0.112. The predicted molar refractivity (Wildman–Crippen MR) is 77.1 cm³/mol. The SMILES string of the molecule is Cc1cc(Br)c(C(Cl)C2CC2(C)C)cc1Br. The molecular weight excluding hydrogens is 351 g/mol. The highest BCUT2D eigenvalue weighted by Gasteiger charge is 2.50. The summed E-state index contributed by atoms with van der Waals surface area (Å²) in [6, 6.07) is 4.27. The molecule has 0 heterocycles. The molecule has 0 amide bonds. The first-order chi connectivity index (χ1) is 7.33. The van der Waals surface area contributed by atoms with Crippen LogP contribution in [0.3, 0.4) is 0 Å². The molecule has 2 atom stereocenters. The average Bonchev–Trinajstić information content (AvgIpc) is 2.80. The molecule has 2 rings (SSSR count). The number of alkyl halides is 1. The smallest absolute Gasteiger partial charge is 0.0630 e. The number of halogens is 3. The molecule has 0 bridgehead atoms. The maximum absolute atomic E-state index is 6.57. The fourth-order valence-corrected chi connectivity index (χ4v) is 3.91. The van der Waals surface area contributed by atoms with Gasteiger partial charge in [0.1, 0.15) is 0 Å². The summed E-state index contributed by atoms with van der Waals surface area (Å²) in [5, 5.41) is 0.112. The number of aryl methyl sites for hydroxylation is 1. The lowest BCUT2D eigenvalue weighted by Crippen LogP contribution is -2.00. The molecule has 1 fully saturated rings. The summed E-state index contributed by atoms with van der Waals surface area (Å²) in [6.45, 7) is 6.65. The van der Waals surface area contributed by atoms with Crippen molar-refractivity contribution in [2.45, 2.75) is 32.6 Å². The van der Waals surface area contributed by atoms with E-state index >= 15 is 0 Å². The van der Waals surface area contributed by atoms with Crippen molar-refractivity contribution in [2.24, 2.45) is 11.3 Å². The van der Waals surface area contributed by atoms with E-state index < -0.39 is 0 Å².